The van der Waals surface area contributed by atoms with E-state index in [1.165, 1.54) is 6.07 Å². The molecule has 0 radical (unpaired) electrons. The van der Waals surface area contributed by atoms with E-state index in [1.807, 2.05) is 0 Å². The monoisotopic (exact) mass is 522 g/mol. The van der Waals surface area contributed by atoms with Crippen molar-refractivity contribution in [3.05, 3.63) is 62.1 Å². The van der Waals surface area contributed by atoms with Crippen LogP contribution in [0, 0.1) is 11.3 Å². The molecule has 31 heavy (non-hydrogen) atoms. The van der Waals surface area contributed by atoms with E-state index >= 15 is 0 Å². The van der Waals surface area contributed by atoms with Gasteiger partial charge in [-0.2, -0.15) is 31.6 Å². The Bertz CT molecular complexity index is 1100. The van der Waals surface area contributed by atoms with Crippen molar-refractivity contribution < 1.29 is 34.7 Å². The molecule has 166 valence electrons. The van der Waals surface area contributed by atoms with E-state index in [9.17, 15) is 30.6 Å². The summed E-state index contributed by atoms with van der Waals surface area (Å²) in [5.41, 5.74) is -6.52. The van der Waals surface area contributed by atoms with Crippen LogP contribution < -0.4 is 4.31 Å². The Kier molecular flexibility index (Phi) is 6.19. The van der Waals surface area contributed by atoms with Gasteiger partial charge in [-0.15, -0.1) is 0 Å². The summed E-state index contributed by atoms with van der Waals surface area (Å²) in [7, 11) is 0. The highest BCUT2D eigenvalue weighted by Gasteiger charge is 2.64. The van der Waals surface area contributed by atoms with Gasteiger partial charge in [-0.3, -0.25) is 8.49 Å². The molecule has 14 heteroatoms. The highest BCUT2D eigenvalue weighted by molar-refractivity contribution is 7.82. The van der Waals surface area contributed by atoms with Crippen LogP contribution in [0.4, 0.5) is 32.0 Å². The molecule has 4 nitrogen and oxygen atoms in total. The van der Waals surface area contributed by atoms with E-state index in [2.05, 4.69) is 0 Å². The van der Waals surface area contributed by atoms with Gasteiger partial charge >= 0.3 is 12.4 Å². The average Bonchev–Trinajstić information content (AvgIpc) is 3.03. The molecule has 0 saturated carbocycles. The van der Waals surface area contributed by atoms with Crippen LogP contribution in [-0.2, 0) is 27.2 Å². The number of hydrogen-bond acceptors (Lipinski definition) is 3. The first-order valence-corrected chi connectivity index (χ1v) is 10.1. The van der Waals surface area contributed by atoms with Gasteiger partial charge in [0.05, 0.1) is 44.5 Å². The summed E-state index contributed by atoms with van der Waals surface area (Å²) in [4.78, 5) is 0. The van der Waals surface area contributed by atoms with Crippen LogP contribution in [0.15, 0.2) is 30.3 Å². The molecule has 0 N–H and O–H groups in total. The van der Waals surface area contributed by atoms with Gasteiger partial charge in [0.15, 0.2) is 0 Å². The maximum atomic E-state index is 14.1. The van der Waals surface area contributed by atoms with Gasteiger partial charge in [-0.05, 0) is 35.9 Å². The quantitative estimate of drug-likeness (QED) is 0.338. The summed E-state index contributed by atoms with van der Waals surface area (Å²) in [6.07, 6.45) is -10.1. The molecule has 3 rings (SSSR count). The third-order valence-electron chi connectivity index (χ3n) is 4.38. The first kappa shape index (κ1) is 23.9. The minimum absolute atomic E-state index is 0.220. The van der Waals surface area contributed by atoms with E-state index in [1.54, 1.807) is 0 Å². The average molecular weight is 524 g/mol. The Morgan fingerprint density at radius 1 is 1.06 bits per heavy atom. The summed E-state index contributed by atoms with van der Waals surface area (Å²) >= 11 is 14.6. The minimum Gasteiger partial charge on any atom is -0.265 e. The molecule has 2 atom stereocenters. The number of halogens is 9. The number of benzene rings is 2. The standard InChI is InChI=1S/C17H7Cl3F6N2O2S/c18-12-3-9(4-13(19)14(12)20)15(17(24,25)26)7-28(31(29)30-15)10-2-1-8(6-27)11(5-10)16(21,22)23/h1-5H,7H2/t15-,31+/m1/s1. The maximum Gasteiger partial charge on any atom is 0.424 e. The molecular formula is C17H7Cl3F6N2O2S. The topological polar surface area (TPSA) is 53.3 Å². The fraction of sp³-hybridized carbons (Fsp3) is 0.235. The Labute approximate surface area is 188 Å². The predicted molar refractivity (Wildman–Crippen MR) is 102 cm³/mol. The molecule has 0 amide bonds. The lowest BCUT2D eigenvalue weighted by atomic mass is 9.92. The van der Waals surface area contributed by atoms with Crippen molar-refractivity contribution >= 4 is 51.8 Å². The third-order valence-corrected chi connectivity index (χ3v) is 6.71. The van der Waals surface area contributed by atoms with Crippen molar-refractivity contribution in [1.82, 2.24) is 0 Å². The second-order valence-electron chi connectivity index (χ2n) is 6.26. The third kappa shape index (κ3) is 4.19. The van der Waals surface area contributed by atoms with Gasteiger partial charge in [0.1, 0.15) is 0 Å². The second-order valence-corrected chi connectivity index (χ2v) is 8.49. The van der Waals surface area contributed by atoms with Gasteiger partial charge < -0.3 is 0 Å². The largest absolute Gasteiger partial charge is 0.424 e. The summed E-state index contributed by atoms with van der Waals surface area (Å²) in [6.45, 7) is -1.18. The Morgan fingerprint density at radius 3 is 2.13 bits per heavy atom. The van der Waals surface area contributed by atoms with Crippen LogP contribution >= 0.6 is 34.8 Å². The van der Waals surface area contributed by atoms with E-state index in [0.717, 1.165) is 24.3 Å². The summed E-state index contributed by atoms with van der Waals surface area (Å²) in [5, 5.41) is 7.98. The van der Waals surface area contributed by atoms with E-state index in [-0.39, 0.29) is 15.1 Å². The summed E-state index contributed by atoms with van der Waals surface area (Å²) in [6, 6.07) is 5.12. The minimum atomic E-state index is -5.17. The zero-order valence-corrected chi connectivity index (χ0v) is 17.7. The lowest BCUT2D eigenvalue weighted by Crippen LogP contribution is -2.46. The number of rotatable bonds is 2. The Morgan fingerprint density at radius 2 is 1.65 bits per heavy atom. The Hall–Kier alpha value is -1.71. The molecular weight excluding hydrogens is 517 g/mol. The van der Waals surface area contributed by atoms with E-state index in [0.29, 0.717) is 10.4 Å². The molecule has 0 bridgehead atoms. The summed E-state index contributed by atoms with van der Waals surface area (Å²) < 4.78 is 99.7. The molecule has 1 saturated heterocycles. The molecule has 0 spiro atoms. The predicted octanol–water partition coefficient (Wildman–Crippen LogP) is 6.41. The first-order chi connectivity index (χ1) is 14.2. The number of anilines is 1. The van der Waals surface area contributed by atoms with Crippen LogP contribution in [0.2, 0.25) is 15.1 Å². The lowest BCUT2D eigenvalue weighted by Gasteiger charge is -2.29. The summed E-state index contributed by atoms with van der Waals surface area (Å²) in [5.74, 6) is 0. The molecule has 1 heterocycles. The second kappa shape index (κ2) is 8.01. The Balaban J connectivity index is 2.14. The molecule has 0 aliphatic carbocycles. The molecule has 1 fully saturated rings. The highest BCUT2D eigenvalue weighted by Crippen LogP contribution is 2.50. The zero-order valence-electron chi connectivity index (χ0n) is 14.6. The van der Waals surface area contributed by atoms with Crippen molar-refractivity contribution in [1.29, 1.82) is 5.26 Å². The van der Waals surface area contributed by atoms with Gasteiger partial charge in [0.25, 0.3) is 11.3 Å². The van der Waals surface area contributed by atoms with E-state index < -0.39 is 58.1 Å². The fourth-order valence-corrected chi connectivity index (χ4v) is 4.62. The first-order valence-electron chi connectivity index (χ1n) is 7.93. The smallest absolute Gasteiger partial charge is 0.265 e. The van der Waals surface area contributed by atoms with Gasteiger partial charge in [0, 0.05) is 0 Å². The number of nitriles is 1. The molecule has 1 aliphatic heterocycles. The number of alkyl halides is 6. The molecule has 2 aromatic rings. The zero-order chi connectivity index (χ0) is 23.4. The SMILES string of the molecule is N#Cc1ccc(N2C[C@@](c3cc(Cl)c(Cl)c(Cl)c3)(C(F)(F)F)O[S@@]2=O)cc1C(F)(F)F. The molecule has 0 aromatic heterocycles. The molecule has 2 aromatic carbocycles. The van der Waals surface area contributed by atoms with Gasteiger partial charge in [0.2, 0.25) is 5.60 Å². The van der Waals surface area contributed by atoms with Crippen LogP contribution in [0.1, 0.15) is 16.7 Å². The molecule has 1 aliphatic rings. The maximum absolute atomic E-state index is 14.1. The fourth-order valence-electron chi connectivity index (χ4n) is 2.87. The van der Waals surface area contributed by atoms with Gasteiger partial charge in [-0.25, -0.2) is 4.21 Å². The highest BCUT2D eigenvalue weighted by atomic mass is 35.5. The lowest BCUT2D eigenvalue weighted by molar-refractivity contribution is -0.242. The van der Waals surface area contributed by atoms with Crippen molar-refractivity contribution in [3.63, 3.8) is 0 Å². The van der Waals surface area contributed by atoms with Crippen LogP contribution in [0.3, 0.4) is 0 Å². The normalized spacial score (nSPS) is 21.9. The van der Waals surface area contributed by atoms with Crippen molar-refractivity contribution in [2.75, 3.05) is 10.8 Å². The van der Waals surface area contributed by atoms with Crippen molar-refractivity contribution in [2.24, 2.45) is 0 Å². The van der Waals surface area contributed by atoms with Crippen LogP contribution in [-0.4, -0.2) is 16.9 Å². The van der Waals surface area contributed by atoms with Crippen molar-refractivity contribution in [2.45, 2.75) is 18.0 Å². The van der Waals surface area contributed by atoms with Crippen molar-refractivity contribution in [3.8, 4) is 6.07 Å². The number of nitrogens with zero attached hydrogens (tertiary/aromatic N) is 2. The molecule has 0 unspecified atom stereocenters. The number of hydrogen-bond donors (Lipinski definition) is 0. The van der Waals surface area contributed by atoms with Crippen LogP contribution in [0.25, 0.3) is 0 Å². The van der Waals surface area contributed by atoms with E-state index in [4.69, 9.17) is 44.2 Å². The van der Waals surface area contributed by atoms with Gasteiger partial charge in [-0.1, -0.05) is 34.8 Å². The van der Waals surface area contributed by atoms with Crippen LogP contribution in [0.5, 0.6) is 0 Å².